The Hall–Kier alpha value is -3.28. The summed E-state index contributed by atoms with van der Waals surface area (Å²) >= 11 is 0. The predicted octanol–water partition coefficient (Wildman–Crippen LogP) is 4.36. The van der Waals surface area contributed by atoms with Crippen LogP contribution in [-0.2, 0) is 11.2 Å². The quantitative estimate of drug-likeness (QED) is 0.618. The molecule has 1 aromatic heterocycles. The molecule has 29 heavy (non-hydrogen) atoms. The van der Waals surface area contributed by atoms with E-state index in [2.05, 4.69) is 5.32 Å². The number of ether oxygens (including phenoxy) is 2. The zero-order valence-corrected chi connectivity index (χ0v) is 17.4. The highest BCUT2D eigenvalue weighted by Crippen LogP contribution is 2.33. The predicted molar refractivity (Wildman–Crippen MR) is 113 cm³/mol. The number of hydrogen-bond acceptors (Lipinski definition) is 4. The van der Waals surface area contributed by atoms with E-state index in [1.165, 1.54) is 0 Å². The molecular weight excluding hydrogens is 366 g/mol. The Morgan fingerprint density at radius 3 is 2.48 bits per heavy atom. The van der Waals surface area contributed by atoms with Gasteiger partial charge in [0.05, 0.1) is 18.5 Å². The number of aromatic nitrogens is 2. The SMILES string of the molecule is CCNC(=O)CCc1c(C)nn(-c2ccc(OC)cc2)c1Oc1ccccc1C. The topological polar surface area (TPSA) is 65.4 Å². The van der Waals surface area contributed by atoms with Gasteiger partial charge in [-0.25, -0.2) is 4.68 Å². The molecular formula is C23H27N3O3. The number of nitrogens with zero attached hydrogens (tertiary/aromatic N) is 2. The minimum absolute atomic E-state index is 0.0194. The van der Waals surface area contributed by atoms with Gasteiger partial charge in [-0.05, 0) is 63.1 Å². The number of benzene rings is 2. The minimum Gasteiger partial charge on any atom is -0.497 e. The molecule has 152 valence electrons. The average molecular weight is 393 g/mol. The molecule has 0 unspecified atom stereocenters. The summed E-state index contributed by atoms with van der Waals surface area (Å²) in [6, 6.07) is 15.5. The van der Waals surface area contributed by atoms with Gasteiger partial charge in [-0.15, -0.1) is 0 Å². The molecule has 0 aliphatic heterocycles. The van der Waals surface area contributed by atoms with Gasteiger partial charge in [-0.2, -0.15) is 5.10 Å². The summed E-state index contributed by atoms with van der Waals surface area (Å²) in [4.78, 5) is 12.0. The van der Waals surface area contributed by atoms with Gasteiger partial charge in [0.15, 0.2) is 0 Å². The van der Waals surface area contributed by atoms with E-state index in [-0.39, 0.29) is 5.91 Å². The molecule has 0 fully saturated rings. The van der Waals surface area contributed by atoms with Crippen molar-refractivity contribution < 1.29 is 14.3 Å². The van der Waals surface area contributed by atoms with Crippen LogP contribution in [0.4, 0.5) is 0 Å². The van der Waals surface area contributed by atoms with Gasteiger partial charge < -0.3 is 14.8 Å². The number of aryl methyl sites for hydroxylation is 2. The zero-order chi connectivity index (χ0) is 20.8. The molecule has 1 amide bonds. The lowest BCUT2D eigenvalue weighted by Gasteiger charge is -2.13. The van der Waals surface area contributed by atoms with Crippen LogP contribution in [0.25, 0.3) is 5.69 Å². The van der Waals surface area contributed by atoms with E-state index in [0.717, 1.165) is 34.0 Å². The lowest BCUT2D eigenvalue weighted by molar-refractivity contribution is -0.120. The largest absolute Gasteiger partial charge is 0.497 e. The second kappa shape index (κ2) is 9.28. The van der Waals surface area contributed by atoms with E-state index in [1.54, 1.807) is 11.8 Å². The van der Waals surface area contributed by atoms with Gasteiger partial charge in [0.25, 0.3) is 0 Å². The third-order valence-electron chi connectivity index (χ3n) is 4.73. The Morgan fingerprint density at radius 2 is 1.83 bits per heavy atom. The van der Waals surface area contributed by atoms with Gasteiger partial charge in [0, 0.05) is 18.5 Å². The van der Waals surface area contributed by atoms with E-state index in [0.29, 0.717) is 25.3 Å². The van der Waals surface area contributed by atoms with Crippen molar-refractivity contribution in [1.29, 1.82) is 0 Å². The maximum absolute atomic E-state index is 12.0. The first-order valence-electron chi connectivity index (χ1n) is 9.76. The lowest BCUT2D eigenvalue weighted by atomic mass is 10.1. The maximum atomic E-state index is 12.0. The molecule has 2 aromatic carbocycles. The number of carbonyl (C=O) groups is 1. The van der Waals surface area contributed by atoms with Crippen molar-refractivity contribution in [3.63, 3.8) is 0 Å². The third-order valence-corrected chi connectivity index (χ3v) is 4.73. The van der Waals surface area contributed by atoms with E-state index < -0.39 is 0 Å². The number of amides is 1. The summed E-state index contributed by atoms with van der Waals surface area (Å²) in [6.07, 6.45) is 0.933. The Bertz CT molecular complexity index is 978. The van der Waals surface area contributed by atoms with Crippen LogP contribution in [0.3, 0.4) is 0 Å². The summed E-state index contributed by atoms with van der Waals surface area (Å²) in [7, 11) is 1.64. The average Bonchev–Trinajstić information content (AvgIpc) is 3.03. The molecule has 3 rings (SSSR count). The molecule has 6 heteroatoms. The molecule has 0 bridgehead atoms. The van der Waals surface area contributed by atoms with Crippen molar-refractivity contribution in [2.24, 2.45) is 0 Å². The van der Waals surface area contributed by atoms with Crippen LogP contribution in [0.15, 0.2) is 48.5 Å². The first kappa shape index (κ1) is 20.5. The maximum Gasteiger partial charge on any atom is 0.226 e. The van der Waals surface area contributed by atoms with Gasteiger partial charge in [0.2, 0.25) is 11.8 Å². The van der Waals surface area contributed by atoms with Crippen molar-refractivity contribution in [2.75, 3.05) is 13.7 Å². The molecule has 3 aromatic rings. The van der Waals surface area contributed by atoms with Crippen LogP contribution in [0.5, 0.6) is 17.4 Å². The van der Waals surface area contributed by atoms with E-state index in [1.807, 2.05) is 69.3 Å². The summed E-state index contributed by atoms with van der Waals surface area (Å²) in [5, 5.41) is 7.55. The fourth-order valence-electron chi connectivity index (χ4n) is 3.13. The molecule has 6 nitrogen and oxygen atoms in total. The minimum atomic E-state index is 0.0194. The van der Waals surface area contributed by atoms with Gasteiger partial charge in [0.1, 0.15) is 11.5 Å². The highest BCUT2D eigenvalue weighted by Gasteiger charge is 2.20. The van der Waals surface area contributed by atoms with E-state index in [9.17, 15) is 4.79 Å². The van der Waals surface area contributed by atoms with Crippen molar-refractivity contribution in [2.45, 2.75) is 33.6 Å². The fraction of sp³-hybridized carbons (Fsp3) is 0.304. The summed E-state index contributed by atoms with van der Waals surface area (Å²) < 4.78 is 13.4. The van der Waals surface area contributed by atoms with Gasteiger partial charge in [-0.3, -0.25) is 4.79 Å². The molecule has 1 heterocycles. The molecule has 0 spiro atoms. The smallest absolute Gasteiger partial charge is 0.226 e. The van der Waals surface area contributed by atoms with Crippen LogP contribution in [0.2, 0.25) is 0 Å². The summed E-state index contributed by atoms with van der Waals surface area (Å²) in [5.41, 5.74) is 3.66. The summed E-state index contributed by atoms with van der Waals surface area (Å²) in [6.45, 7) is 6.48. The normalized spacial score (nSPS) is 10.6. The number of hydrogen-bond donors (Lipinski definition) is 1. The highest BCUT2D eigenvalue weighted by atomic mass is 16.5. The number of carbonyl (C=O) groups excluding carboxylic acids is 1. The first-order valence-corrected chi connectivity index (χ1v) is 9.76. The second-order valence-corrected chi connectivity index (χ2v) is 6.80. The van der Waals surface area contributed by atoms with Crippen LogP contribution in [-0.4, -0.2) is 29.3 Å². The fourth-order valence-corrected chi connectivity index (χ4v) is 3.13. The zero-order valence-electron chi connectivity index (χ0n) is 17.4. The van der Waals surface area contributed by atoms with Crippen molar-refractivity contribution in [1.82, 2.24) is 15.1 Å². The lowest BCUT2D eigenvalue weighted by Crippen LogP contribution is -2.22. The molecule has 0 saturated heterocycles. The van der Waals surface area contributed by atoms with E-state index in [4.69, 9.17) is 14.6 Å². The summed E-state index contributed by atoms with van der Waals surface area (Å²) in [5.74, 6) is 2.19. The van der Waals surface area contributed by atoms with Gasteiger partial charge in [-0.1, -0.05) is 18.2 Å². The van der Waals surface area contributed by atoms with E-state index >= 15 is 0 Å². The molecule has 1 N–H and O–H groups in total. The number of nitrogens with one attached hydrogen (secondary N) is 1. The first-order chi connectivity index (χ1) is 14.0. The van der Waals surface area contributed by atoms with Crippen molar-refractivity contribution in [3.05, 3.63) is 65.4 Å². The van der Waals surface area contributed by atoms with Crippen LogP contribution >= 0.6 is 0 Å². The number of rotatable bonds is 8. The Balaban J connectivity index is 2.01. The molecule has 0 aliphatic carbocycles. The van der Waals surface area contributed by atoms with Crippen molar-refractivity contribution in [3.8, 4) is 23.1 Å². The molecule has 0 radical (unpaired) electrons. The highest BCUT2D eigenvalue weighted by molar-refractivity contribution is 5.76. The van der Waals surface area contributed by atoms with Crippen LogP contribution < -0.4 is 14.8 Å². The van der Waals surface area contributed by atoms with Crippen LogP contribution in [0.1, 0.15) is 30.2 Å². The van der Waals surface area contributed by atoms with Gasteiger partial charge >= 0.3 is 0 Å². The second-order valence-electron chi connectivity index (χ2n) is 6.80. The number of para-hydroxylation sites is 1. The Labute approximate surface area is 171 Å². The Kier molecular flexibility index (Phi) is 6.54. The monoisotopic (exact) mass is 393 g/mol. The third kappa shape index (κ3) is 4.77. The molecule has 0 aliphatic rings. The molecule has 0 saturated carbocycles. The van der Waals surface area contributed by atoms with Crippen molar-refractivity contribution >= 4 is 5.91 Å². The molecule has 0 atom stereocenters. The number of methoxy groups -OCH3 is 1. The standard InChI is InChI=1S/C23H27N3O3/c1-5-24-22(27)15-14-20-17(3)25-26(18-10-12-19(28-4)13-11-18)23(20)29-21-9-7-6-8-16(21)2/h6-13H,5,14-15H2,1-4H3,(H,24,27). The van der Waals surface area contributed by atoms with Crippen LogP contribution in [0, 0.1) is 13.8 Å². The Morgan fingerprint density at radius 1 is 1.10 bits per heavy atom.